The first-order valence-corrected chi connectivity index (χ1v) is 9.83. The number of rotatable bonds is 6. The molecule has 0 radical (unpaired) electrons. The van der Waals surface area contributed by atoms with E-state index in [1.54, 1.807) is 24.9 Å². The van der Waals surface area contributed by atoms with Crippen LogP contribution in [0.15, 0.2) is 28.6 Å². The number of hydrogen-bond acceptors (Lipinski definition) is 4. The predicted octanol–water partition coefficient (Wildman–Crippen LogP) is 4.65. The molecule has 0 atom stereocenters. The smallest absolute Gasteiger partial charge is 0.352 e. The fraction of sp³-hybridized carbons (Fsp3) is 0.375. The van der Waals surface area contributed by atoms with Crippen LogP contribution >= 0.6 is 47.1 Å². The Bertz CT molecular complexity index is 765. The van der Waals surface area contributed by atoms with E-state index in [-0.39, 0.29) is 36.3 Å². The summed E-state index contributed by atoms with van der Waals surface area (Å²) in [5.74, 6) is 0.817. The van der Waals surface area contributed by atoms with Gasteiger partial charge in [-0.1, -0.05) is 6.07 Å². The fourth-order valence-corrected chi connectivity index (χ4v) is 3.46. The second kappa shape index (κ2) is 11.1. The summed E-state index contributed by atoms with van der Waals surface area (Å²) in [6.07, 6.45) is -2.50. The topological polar surface area (TPSA) is 49.3 Å². The first kappa shape index (κ1) is 24.0. The minimum absolute atomic E-state index is 0. The minimum Gasteiger partial charge on any atom is -0.352 e. The van der Waals surface area contributed by atoms with Crippen molar-refractivity contribution in [2.45, 2.75) is 25.0 Å². The van der Waals surface area contributed by atoms with Crippen LogP contribution in [0, 0.1) is 5.82 Å². The van der Waals surface area contributed by atoms with E-state index in [0.29, 0.717) is 23.3 Å². The average Bonchev–Trinajstić information content (AvgIpc) is 3.06. The third-order valence-electron chi connectivity index (χ3n) is 3.39. The summed E-state index contributed by atoms with van der Waals surface area (Å²) in [7, 11) is 1.56. The summed E-state index contributed by atoms with van der Waals surface area (Å²) < 4.78 is 51.1. The Labute approximate surface area is 180 Å². The number of guanidine groups is 1. The van der Waals surface area contributed by atoms with Crippen molar-refractivity contribution in [2.24, 2.45) is 4.99 Å². The molecule has 1 aromatic heterocycles. The highest BCUT2D eigenvalue weighted by molar-refractivity contribution is 14.0. The van der Waals surface area contributed by atoms with Gasteiger partial charge < -0.3 is 10.6 Å². The lowest BCUT2D eigenvalue weighted by Crippen LogP contribution is -2.36. The molecule has 0 aliphatic carbocycles. The summed E-state index contributed by atoms with van der Waals surface area (Å²) in [5.41, 5.74) is 0.919. The summed E-state index contributed by atoms with van der Waals surface area (Å²) in [6.45, 7) is 0.545. The van der Waals surface area contributed by atoms with Gasteiger partial charge in [0, 0.05) is 24.7 Å². The van der Waals surface area contributed by atoms with Gasteiger partial charge in [0.15, 0.2) is 11.7 Å². The fourth-order valence-electron chi connectivity index (χ4n) is 2.14. The van der Waals surface area contributed by atoms with Gasteiger partial charge in [0.25, 0.3) is 0 Å². The number of halogens is 5. The molecule has 0 saturated carbocycles. The average molecular weight is 534 g/mol. The molecule has 0 amide bonds. The van der Waals surface area contributed by atoms with Crippen LogP contribution in [0.25, 0.3) is 0 Å². The Hall–Kier alpha value is -1.08. The molecule has 0 spiro atoms. The van der Waals surface area contributed by atoms with Crippen molar-refractivity contribution >= 4 is 53.0 Å². The van der Waals surface area contributed by atoms with Crippen molar-refractivity contribution in [1.29, 1.82) is 0 Å². The SMILES string of the molecule is CN=C(NCc1nc(C(F)(F)F)cs1)NCc1ccc(F)cc1CSC.I. The highest BCUT2D eigenvalue weighted by Gasteiger charge is 2.33. The van der Waals surface area contributed by atoms with Crippen LogP contribution in [0.3, 0.4) is 0 Å². The van der Waals surface area contributed by atoms with E-state index in [9.17, 15) is 17.6 Å². The van der Waals surface area contributed by atoms with Crippen molar-refractivity contribution in [2.75, 3.05) is 13.3 Å². The zero-order chi connectivity index (χ0) is 19.2. The number of nitrogens with zero attached hydrogens (tertiary/aromatic N) is 2. The molecule has 11 heteroatoms. The molecule has 2 N–H and O–H groups in total. The lowest BCUT2D eigenvalue weighted by Gasteiger charge is -2.13. The summed E-state index contributed by atoms with van der Waals surface area (Å²) >= 11 is 2.52. The van der Waals surface area contributed by atoms with Gasteiger partial charge >= 0.3 is 6.18 Å². The molecule has 2 aromatic rings. The van der Waals surface area contributed by atoms with Gasteiger partial charge in [-0.25, -0.2) is 9.37 Å². The second-order valence-corrected chi connectivity index (χ2v) is 7.06. The van der Waals surface area contributed by atoms with Crippen LogP contribution in [0.5, 0.6) is 0 Å². The van der Waals surface area contributed by atoms with Gasteiger partial charge in [0.1, 0.15) is 10.8 Å². The Morgan fingerprint density at radius 2 is 1.93 bits per heavy atom. The number of aliphatic imine (C=N–C) groups is 1. The highest BCUT2D eigenvalue weighted by Crippen LogP contribution is 2.29. The normalized spacial score (nSPS) is 11.9. The first-order valence-electron chi connectivity index (χ1n) is 7.56. The zero-order valence-corrected chi connectivity index (χ0v) is 18.5. The summed E-state index contributed by atoms with van der Waals surface area (Å²) in [5, 5.41) is 7.29. The number of nitrogens with one attached hydrogen (secondary N) is 2. The molecule has 0 fully saturated rings. The number of aromatic nitrogens is 1. The summed E-state index contributed by atoms with van der Waals surface area (Å²) in [6, 6.07) is 4.60. The van der Waals surface area contributed by atoms with Gasteiger partial charge in [-0.3, -0.25) is 4.99 Å². The maximum atomic E-state index is 13.4. The van der Waals surface area contributed by atoms with Crippen LogP contribution < -0.4 is 10.6 Å². The Morgan fingerprint density at radius 3 is 2.52 bits per heavy atom. The van der Waals surface area contributed by atoms with Gasteiger partial charge in [0.05, 0.1) is 6.54 Å². The van der Waals surface area contributed by atoms with Crippen molar-refractivity contribution in [1.82, 2.24) is 15.6 Å². The number of alkyl halides is 3. The van der Waals surface area contributed by atoms with E-state index in [1.807, 2.05) is 6.26 Å². The molecule has 0 bridgehead atoms. The standard InChI is InChI=1S/C16H18F4N4S2.HI/c1-21-15(23-7-14-24-13(9-26-14)16(18,19)20)22-6-10-3-4-12(17)5-11(10)8-25-2;/h3-5,9H,6-8H2,1-2H3,(H2,21,22,23);1H. The molecule has 0 aliphatic heterocycles. The largest absolute Gasteiger partial charge is 0.434 e. The molecule has 27 heavy (non-hydrogen) atoms. The molecule has 0 unspecified atom stereocenters. The van der Waals surface area contributed by atoms with Crippen molar-refractivity contribution in [3.8, 4) is 0 Å². The molecule has 1 aromatic carbocycles. The summed E-state index contributed by atoms with van der Waals surface area (Å²) in [4.78, 5) is 7.59. The van der Waals surface area contributed by atoms with Crippen LogP contribution in [0.2, 0.25) is 0 Å². The van der Waals surface area contributed by atoms with Crippen LogP contribution in [-0.4, -0.2) is 24.2 Å². The lowest BCUT2D eigenvalue weighted by atomic mass is 10.1. The van der Waals surface area contributed by atoms with E-state index in [4.69, 9.17) is 0 Å². The van der Waals surface area contributed by atoms with Gasteiger partial charge in [-0.2, -0.15) is 24.9 Å². The molecule has 2 rings (SSSR count). The quantitative estimate of drug-likeness (QED) is 0.245. The maximum absolute atomic E-state index is 13.4. The third-order valence-corrected chi connectivity index (χ3v) is 4.84. The number of hydrogen-bond donors (Lipinski definition) is 2. The number of thioether (sulfide) groups is 1. The van der Waals surface area contributed by atoms with Crippen molar-refractivity contribution in [3.63, 3.8) is 0 Å². The molecular formula is C16H19F4IN4S2. The van der Waals surface area contributed by atoms with Gasteiger partial charge in [-0.05, 0) is 29.5 Å². The zero-order valence-electron chi connectivity index (χ0n) is 14.6. The Morgan fingerprint density at radius 1 is 1.22 bits per heavy atom. The lowest BCUT2D eigenvalue weighted by molar-refractivity contribution is -0.140. The molecule has 0 aliphatic rings. The van der Waals surface area contributed by atoms with Gasteiger partial charge in [-0.15, -0.1) is 35.3 Å². The maximum Gasteiger partial charge on any atom is 0.434 e. The molecule has 0 saturated heterocycles. The van der Waals surface area contributed by atoms with Crippen LogP contribution in [0.1, 0.15) is 21.8 Å². The molecular weight excluding hydrogens is 515 g/mol. The Kier molecular flexibility index (Phi) is 9.81. The molecule has 1 heterocycles. The monoisotopic (exact) mass is 534 g/mol. The highest BCUT2D eigenvalue weighted by atomic mass is 127. The van der Waals surface area contributed by atoms with Crippen LogP contribution in [0.4, 0.5) is 17.6 Å². The molecule has 150 valence electrons. The third kappa shape index (κ3) is 7.45. The van der Waals surface area contributed by atoms with Gasteiger partial charge in [0.2, 0.25) is 0 Å². The number of thiazole rings is 1. The van der Waals surface area contributed by atoms with Crippen LogP contribution in [-0.2, 0) is 25.0 Å². The Balaban J connectivity index is 0.00000364. The van der Waals surface area contributed by atoms with E-state index < -0.39 is 11.9 Å². The van der Waals surface area contributed by atoms with Crippen molar-refractivity contribution < 1.29 is 17.6 Å². The first-order chi connectivity index (χ1) is 12.3. The van der Waals surface area contributed by atoms with E-state index >= 15 is 0 Å². The second-order valence-electron chi connectivity index (χ2n) is 5.25. The predicted molar refractivity (Wildman–Crippen MR) is 113 cm³/mol. The minimum atomic E-state index is -4.44. The number of benzene rings is 1. The van der Waals surface area contributed by atoms with E-state index in [2.05, 4.69) is 20.6 Å². The van der Waals surface area contributed by atoms with E-state index in [1.165, 1.54) is 12.1 Å². The van der Waals surface area contributed by atoms with E-state index in [0.717, 1.165) is 27.8 Å². The van der Waals surface area contributed by atoms with Crippen molar-refractivity contribution in [3.05, 3.63) is 51.2 Å². The molecule has 4 nitrogen and oxygen atoms in total.